The van der Waals surface area contributed by atoms with E-state index in [0.717, 1.165) is 21.3 Å². The summed E-state index contributed by atoms with van der Waals surface area (Å²) in [6, 6.07) is 28.4. The molecular weight excluding hydrogens is 346 g/mol. The molecule has 0 amide bonds. The van der Waals surface area contributed by atoms with Crippen molar-refractivity contribution in [1.29, 1.82) is 0 Å². The summed E-state index contributed by atoms with van der Waals surface area (Å²) in [4.78, 5) is 0. The Kier molecular flexibility index (Phi) is 5.13. The van der Waals surface area contributed by atoms with Crippen molar-refractivity contribution in [3.63, 3.8) is 0 Å². The molecule has 0 saturated carbocycles. The van der Waals surface area contributed by atoms with Crippen LogP contribution in [0.2, 0.25) is 0 Å². The molecule has 0 aliphatic rings. The van der Waals surface area contributed by atoms with Gasteiger partial charge in [-0.3, -0.25) is 0 Å². The first-order chi connectivity index (χ1) is 11.3. The molecule has 0 aromatic heterocycles. The Hall–Kier alpha value is -2.50. The highest BCUT2D eigenvalue weighted by atomic mass is 79.9. The van der Waals surface area contributed by atoms with Crippen molar-refractivity contribution in [1.82, 2.24) is 0 Å². The first-order valence-corrected chi connectivity index (χ1v) is 8.24. The van der Waals surface area contributed by atoms with Gasteiger partial charge in [-0.25, -0.2) is 0 Å². The fourth-order valence-electron chi connectivity index (χ4n) is 2.24. The summed E-state index contributed by atoms with van der Waals surface area (Å²) in [5.74, 6) is 6.60. The van der Waals surface area contributed by atoms with Gasteiger partial charge in [0.25, 0.3) is 0 Å². The van der Waals surface area contributed by atoms with Gasteiger partial charge in [-0.1, -0.05) is 76.3 Å². The molecular formula is C21H16BrN. The van der Waals surface area contributed by atoms with Crippen LogP contribution in [0.3, 0.4) is 0 Å². The molecule has 0 spiro atoms. The van der Waals surface area contributed by atoms with Gasteiger partial charge in [0.1, 0.15) is 6.04 Å². The number of rotatable bonds is 3. The molecule has 3 aromatic carbocycles. The highest BCUT2D eigenvalue weighted by molar-refractivity contribution is 9.10. The number of hydrogen-bond donors (Lipinski definition) is 1. The van der Waals surface area contributed by atoms with Crippen LogP contribution >= 0.6 is 15.9 Å². The average molecular weight is 362 g/mol. The van der Waals surface area contributed by atoms with Gasteiger partial charge in [0, 0.05) is 15.7 Å². The maximum absolute atomic E-state index is 3.50. The molecule has 1 nitrogen and oxygen atoms in total. The van der Waals surface area contributed by atoms with Crippen molar-refractivity contribution < 1.29 is 0 Å². The molecule has 0 unspecified atom stereocenters. The fourth-order valence-corrected chi connectivity index (χ4v) is 2.50. The van der Waals surface area contributed by atoms with Crippen molar-refractivity contribution >= 4 is 21.6 Å². The molecule has 23 heavy (non-hydrogen) atoms. The third-order valence-electron chi connectivity index (χ3n) is 3.42. The maximum Gasteiger partial charge on any atom is 0.114 e. The number of benzene rings is 3. The van der Waals surface area contributed by atoms with Gasteiger partial charge in [0.15, 0.2) is 0 Å². The van der Waals surface area contributed by atoms with Gasteiger partial charge < -0.3 is 5.32 Å². The second kappa shape index (κ2) is 7.67. The van der Waals surface area contributed by atoms with E-state index >= 15 is 0 Å². The van der Waals surface area contributed by atoms with Crippen LogP contribution in [-0.4, -0.2) is 0 Å². The topological polar surface area (TPSA) is 12.0 Å². The van der Waals surface area contributed by atoms with Crippen LogP contribution in [0.4, 0.5) is 5.69 Å². The lowest BCUT2D eigenvalue weighted by atomic mass is 10.1. The summed E-state index contributed by atoms with van der Waals surface area (Å²) in [6.45, 7) is 0. The van der Waals surface area contributed by atoms with Crippen molar-refractivity contribution in [2.24, 2.45) is 0 Å². The Balaban J connectivity index is 1.90. The third-order valence-corrected chi connectivity index (χ3v) is 3.95. The van der Waals surface area contributed by atoms with Crippen LogP contribution in [0.5, 0.6) is 0 Å². The maximum atomic E-state index is 3.50. The lowest BCUT2D eigenvalue weighted by molar-refractivity contribution is 1.02. The van der Waals surface area contributed by atoms with E-state index in [9.17, 15) is 0 Å². The summed E-state index contributed by atoms with van der Waals surface area (Å²) in [7, 11) is 0. The number of nitrogens with one attached hydrogen (secondary N) is 1. The van der Waals surface area contributed by atoms with E-state index in [2.05, 4.69) is 57.4 Å². The normalized spacial score (nSPS) is 11.2. The molecule has 0 aliphatic heterocycles. The minimum Gasteiger partial charge on any atom is -0.368 e. The summed E-state index contributed by atoms with van der Waals surface area (Å²) in [5.41, 5.74) is 3.22. The Morgan fingerprint density at radius 2 is 1.35 bits per heavy atom. The third kappa shape index (κ3) is 4.48. The highest BCUT2D eigenvalue weighted by Gasteiger charge is 2.08. The first-order valence-electron chi connectivity index (χ1n) is 7.45. The average Bonchev–Trinajstić information content (AvgIpc) is 2.61. The van der Waals surface area contributed by atoms with E-state index in [1.807, 2.05) is 60.7 Å². The van der Waals surface area contributed by atoms with E-state index in [4.69, 9.17) is 0 Å². The SMILES string of the molecule is Brc1ccc([C@H](C#Cc2ccccc2)Nc2ccccc2)cc1. The van der Waals surface area contributed by atoms with Crippen LogP contribution in [0.15, 0.2) is 89.4 Å². The monoisotopic (exact) mass is 361 g/mol. The zero-order valence-corrected chi connectivity index (χ0v) is 14.1. The van der Waals surface area contributed by atoms with Gasteiger partial charge in [0.2, 0.25) is 0 Å². The number of anilines is 1. The van der Waals surface area contributed by atoms with E-state index in [0.29, 0.717) is 0 Å². The largest absolute Gasteiger partial charge is 0.368 e. The number of halogens is 1. The van der Waals surface area contributed by atoms with Crippen LogP contribution in [0, 0.1) is 11.8 Å². The van der Waals surface area contributed by atoms with E-state index in [1.54, 1.807) is 0 Å². The van der Waals surface area contributed by atoms with E-state index < -0.39 is 0 Å². The Bertz CT molecular complexity index is 799. The van der Waals surface area contributed by atoms with E-state index in [-0.39, 0.29) is 6.04 Å². The predicted molar refractivity (Wildman–Crippen MR) is 100 cm³/mol. The summed E-state index contributed by atoms with van der Waals surface area (Å²) in [5, 5.41) is 3.50. The highest BCUT2D eigenvalue weighted by Crippen LogP contribution is 2.21. The zero-order chi connectivity index (χ0) is 15.9. The van der Waals surface area contributed by atoms with Crippen LogP contribution in [0.1, 0.15) is 17.2 Å². The van der Waals surface area contributed by atoms with Crippen LogP contribution in [-0.2, 0) is 0 Å². The minimum absolute atomic E-state index is 0.0642. The summed E-state index contributed by atoms with van der Waals surface area (Å²) in [6.07, 6.45) is 0. The Morgan fingerprint density at radius 3 is 2.00 bits per heavy atom. The lowest BCUT2D eigenvalue weighted by Crippen LogP contribution is -2.08. The van der Waals surface area contributed by atoms with Crippen molar-refractivity contribution in [2.45, 2.75) is 6.04 Å². The second-order valence-corrected chi connectivity index (χ2v) is 6.05. The molecule has 112 valence electrons. The first kappa shape index (κ1) is 15.4. The van der Waals surface area contributed by atoms with Gasteiger partial charge in [-0.15, -0.1) is 0 Å². The smallest absolute Gasteiger partial charge is 0.114 e. The molecule has 2 heteroatoms. The predicted octanol–water partition coefficient (Wildman–Crippen LogP) is 5.65. The molecule has 0 radical (unpaired) electrons. The van der Waals surface area contributed by atoms with Crippen molar-refractivity contribution in [2.75, 3.05) is 5.32 Å². The molecule has 0 saturated heterocycles. The number of hydrogen-bond acceptors (Lipinski definition) is 1. The van der Waals surface area contributed by atoms with Crippen LogP contribution < -0.4 is 5.32 Å². The number of para-hydroxylation sites is 1. The summed E-state index contributed by atoms with van der Waals surface area (Å²) >= 11 is 3.48. The van der Waals surface area contributed by atoms with Crippen molar-refractivity contribution in [3.8, 4) is 11.8 Å². The van der Waals surface area contributed by atoms with Crippen LogP contribution in [0.25, 0.3) is 0 Å². The molecule has 0 heterocycles. The molecule has 0 bridgehead atoms. The van der Waals surface area contributed by atoms with E-state index in [1.165, 1.54) is 0 Å². The molecule has 0 aliphatic carbocycles. The zero-order valence-electron chi connectivity index (χ0n) is 12.5. The quantitative estimate of drug-likeness (QED) is 0.594. The fraction of sp³-hybridized carbons (Fsp3) is 0.0476. The Morgan fingerprint density at radius 1 is 0.739 bits per heavy atom. The summed E-state index contributed by atoms with van der Waals surface area (Å²) < 4.78 is 1.07. The molecule has 1 N–H and O–H groups in total. The van der Waals surface area contributed by atoms with Gasteiger partial charge in [-0.2, -0.15) is 0 Å². The standard InChI is InChI=1S/C21H16BrN/c22-19-14-12-18(13-15-19)21(23-20-9-5-2-6-10-20)16-11-17-7-3-1-4-8-17/h1-10,12-15,21,23H/t21-/m0/s1. The van der Waals surface area contributed by atoms with Gasteiger partial charge in [-0.05, 0) is 42.0 Å². The molecule has 3 aromatic rings. The van der Waals surface area contributed by atoms with Crippen molar-refractivity contribution in [3.05, 3.63) is 101 Å². The minimum atomic E-state index is -0.0642. The molecule has 0 fully saturated rings. The Labute approximate surface area is 145 Å². The van der Waals surface area contributed by atoms with Gasteiger partial charge in [0.05, 0.1) is 0 Å². The molecule has 3 rings (SSSR count). The second-order valence-electron chi connectivity index (χ2n) is 5.13. The van der Waals surface area contributed by atoms with Gasteiger partial charge >= 0.3 is 0 Å². The molecule has 1 atom stereocenters. The lowest BCUT2D eigenvalue weighted by Gasteiger charge is -2.15.